The van der Waals surface area contributed by atoms with Gasteiger partial charge in [0.25, 0.3) is 0 Å². The van der Waals surface area contributed by atoms with Crippen LogP contribution in [0, 0.1) is 0 Å². The summed E-state index contributed by atoms with van der Waals surface area (Å²) < 4.78 is 11.7. The number of esters is 1. The van der Waals surface area contributed by atoms with Crippen molar-refractivity contribution in [3.8, 4) is 17.1 Å². The Kier molecular flexibility index (Phi) is 5.26. The quantitative estimate of drug-likeness (QED) is 0.491. The van der Waals surface area contributed by atoms with E-state index in [2.05, 4.69) is 10.2 Å². The van der Waals surface area contributed by atoms with E-state index in [1.165, 1.54) is 16.4 Å². The molecule has 0 aliphatic carbocycles. The lowest BCUT2D eigenvalue weighted by atomic mass is 10.2. The summed E-state index contributed by atoms with van der Waals surface area (Å²) in [4.78, 5) is 11.6. The van der Waals surface area contributed by atoms with Crippen LogP contribution >= 0.6 is 11.8 Å². The highest BCUT2D eigenvalue weighted by atomic mass is 32.2. The monoisotopic (exact) mass is 322 g/mol. The largest absolute Gasteiger partial charge is 0.496 e. The Hall–Kier alpha value is -2.22. The number of nitrogens with zero attached hydrogens (tertiary/aromatic N) is 3. The maximum absolute atomic E-state index is 11.6. The van der Waals surface area contributed by atoms with Gasteiger partial charge in [-0.1, -0.05) is 23.9 Å². The van der Waals surface area contributed by atoms with Gasteiger partial charge in [-0.05, 0) is 26.0 Å². The molecule has 0 amide bonds. The normalized spacial score (nSPS) is 10.7. The molecule has 8 heteroatoms. The predicted octanol–water partition coefficient (Wildman–Crippen LogP) is 1.71. The SMILES string of the molecule is COc1ccccc1-c1nnc(SCC(=O)OC(C)C)n1N. The van der Waals surface area contributed by atoms with E-state index in [4.69, 9.17) is 15.3 Å². The molecule has 0 fully saturated rings. The second kappa shape index (κ2) is 7.17. The van der Waals surface area contributed by atoms with E-state index in [0.717, 1.165) is 5.56 Å². The highest BCUT2D eigenvalue weighted by Gasteiger charge is 2.17. The van der Waals surface area contributed by atoms with Crippen LogP contribution in [0.4, 0.5) is 0 Å². The van der Waals surface area contributed by atoms with Gasteiger partial charge < -0.3 is 15.3 Å². The molecule has 0 aliphatic rings. The summed E-state index contributed by atoms with van der Waals surface area (Å²) in [5, 5.41) is 8.51. The third-order valence-electron chi connectivity index (χ3n) is 2.70. The van der Waals surface area contributed by atoms with Crippen molar-refractivity contribution >= 4 is 17.7 Å². The van der Waals surface area contributed by atoms with Gasteiger partial charge in [0.2, 0.25) is 5.16 Å². The van der Waals surface area contributed by atoms with Crippen molar-refractivity contribution in [3.05, 3.63) is 24.3 Å². The van der Waals surface area contributed by atoms with Gasteiger partial charge in [0.15, 0.2) is 5.82 Å². The lowest BCUT2D eigenvalue weighted by molar-refractivity contribution is -0.144. The molecule has 0 spiro atoms. The summed E-state index contributed by atoms with van der Waals surface area (Å²) in [6.07, 6.45) is -0.145. The standard InChI is InChI=1S/C14H18N4O3S/c1-9(2)21-12(19)8-22-14-17-16-13(18(14)15)10-6-4-5-7-11(10)20-3/h4-7,9H,8,15H2,1-3H3. The minimum Gasteiger partial charge on any atom is -0.496 e. The number of thioether (sulfide) groups is 1. The van der Waals surface area contributed by atoms with E-state index < -0.39 is 0 Å². The summed E-state index contributed by atoms with van der Waals surface area (Å²) in [7, 11) is 1.58. The molecule has 0 saturated heterocycles. The molecule has 1 heterocycles. The number of ether oxygens (including phenoxy) is 2. The molecule has 0 bridgehead atoms. The van der Waals surface area contributed by atoms with Crippen molar-refractivity contribution in [1.82, 2.24) is 14.9 Å². The molecule has 0 aliphatic heterocycles. The average Bonchev–Trinajstić information content (AvgIpc) is 2.85. The van der Waals surface area contributed by atoms with Gasteiger partial charge >= 0.3 is 5.97 Å². The van der Waals surface area contributed by atoms with Gasteiger partial charge in [0, 0.05) is 0 Å². The zero-order valence-electron chi connectivity index (χ0n) is 12.6. The Morgan fingerprint density at radius 2 is 2.09 bits per heavy atom. The van der Waals surface area contributed by atoms with Crippen molar-refractivity contribution in [3.63, 3.8) is 0 Å². The zero-order valence-corrected chi connectivity index (χ0v) is 13.5. The summed E-state index contributed by atoms with van der Waals surface area (Å²) >= 11 is 1.18. The highest BCUT2D eigenvalue weighted by molar-refractivity contribution is 7.99. The number of hydrogen-bond acceptors (Lipinski definition) is 7. The number of aromatic nitrogens is 3. The van der Waals surface area contributed by atoms with Gasteiger partial charge in [-0.2, -0.15) is 0 Å². The number of nitrogens with two attached hydrogens (primary N) is 1. The number of hydrogen-bond donors (Lipinski definition) is 1. The van der Waals surface area contributed by atoms with Crippen LogP contribution in [0.2, 0.25) is 0 Å². The summed E-state index contributed by atoms with van der Waals surface area (Å²) in [5.74, 6) is 6.94. The van der Waals surface area contributed by atoms with Gasteiger partial charge in [-0.3, -0.25) is 4.79 Å². The van der Waals surface area contributed by atoms with Gasteiger partial charge in [0.05, 0.1) is 24.5 Å². The van der Waals surface area contributed by atoms with E-state index in [-0.39, 0.29) is 17.8 Å². The average molecular weight is 322 g/mol. The third-order valence-corrected chi connectivity index (χ3v) is 3.62. The predicted molar refractivity (Wildman–Crippen MR) is 84.1 cm³/mol. The third kappa shape index (κ3) is 3.70. The second-order valence-electron chi connectivity index (χ2n) is 4.70. The van der Waals surface area contributed by atoms with Crippen LogP contribution in [0.15, 0.2) is 29.4 Å². The van der Waals surface area contributed by atoms with Crippen LogP contribution in [0.25, 0.3) is 11.4 Å². The molecule has 0 saturated carbocycles. The van der Waals surface area contributed by atoms with Crippen molar-refractivity contribution in [2.45, 2.75) is 25.1 Å². The van der Waals surface area contributed by atoms with Crippen molar-refractivity contribution < 1.29 is 14.3 Å². The summed E-state index contributed by atoms with van der Waals surface area (Å²) in [5.41, 5.74) is 0.733. The van der Waals surface area contributed by atoms with Crippen molar-refractivity contribution in [2.24, 2.45) is 0 Å². The fourth-order valence-electron chi connectivity index (χ4n) is 1.81. The maximum atomic E-state index is 11.6. The van der Waals surface area contributed by atoms with Crippen LogP contribution in [-0.4, -0.2) is 39.8 Å². The van der Waals surface area contributed by atoms with Gasteiger partial charge in [-0.25, -0.2) is 4.68 Å². The second-order valence-corrected chi connectivity index (χ2v) is 5.65. The van der Waals surface area contributed by atoms with Gasteiger partial charge in [0.1, 0.15) is 5.75 Å². The number of benzene rings is 1. The molecule has 1 aromatic carbocycles. The smallest absolute Gasteiger partial charge is 0.316 e. The Morgan fingerprint density at radius 1 is 1.36 bits per heavy atom. The van der Waals surface area contributed by atoms with Crippen LogP contribution in [-0.2, 0) is 9.53 Å². The Bertz CT molecular complexity index is 657. The minimum absolute atomic E-state index is 0.124. The number of carbonyl (C=O) groups excluding carboxylic acids is 1. The summed E-state index contributed by atoms with van der Waals surface area (Å²) in [6, 6.07) is 7.38. The molecule has 2 rings (SSSR count). The lowest BCUT2D eigenvalue weighted by Gasteiger charge is -2.08. The molecule has 1 aromatic heterocycles. The number of nitrogen functional groups attached to an aromatic ring is 1. The molecular weight excluding hydrogens is 304 g/mol. The van der Waals surface area contributed by atoms with E-state index >= 15 is 0 Å². The highest BCUT2D eigenvalue weighted by Crippen LogP contribution is 2.29. The molecule has 7 nitrogen and oxygen atoms in total. The first kappa shape index (κ1) is 16.2. The molecule has 2 N–H and O–H groups in total. The van der Waals surface area contributed by atoms with E-state index in [0.29, 0.717) is 16.7 Å². The molecule has 22 heavy (non-hydrogen) atoms. The Balaban J connectivity index is 2.14. The van der Waals surface area contributed by atoms with Crippen molar-refractivity contribution in [1.29, 1.82) is 0 Å². The van der Waals surface area contributed by atoms with E-state index in [1.54, 1.807) is 21.0 Å². The topological polar surface area (TPSA) is 92.3 Å². The molecule has 0 atom stereocenters. The molecule has 0 radical (unpaired) electrons. The maximum Gasteiger partial charge on any atom is 0.316 e. The molecule has 2 aromatic rings. The molecular formula is C14H18N4O3S. The zero-order chi connectivity index (χ0) is 16.1. The van der Waals surface area contributed by atoms with Crippen LogP contribution in [0.1, 0.15) is 13.8 Å². The summed E-state index contributed by atoms with van der Waals surface area (Å²) in [6.45, 7) is 3.60. The first-order chi connectivity index (χ1) is 10.5. The fourth-order valence-corrected chi connectivity index (χ4v) is 2.45. The van der Waals surface area contributed by atoms with Crippen molar-refractivity contribution in [2.75, 3.05) is 18.7 Å². The first-order valence-electron chi connectivity index (χ1n) is 6.69. The fraction of sp³-hybridized carbons (Fsp3) is 0.357. The number of methoxy groups -OCH3 is 1. The van der Waals surface area contributed by atoms with Gasteiger partial charge in [-0.15, -0.1) is 10.2 Å². The van der Waals surface area contributed by atoms with Crippen LogP contribution < -0.4 is 10.6 Å². The first-order valence-corrected chi connectivity index (χ1v) is 7.67. The van der Waals surface area contributed by atoms with E-state index in [1.807, 2.05) is 24.3 Å². The Labute approximate surface area is 132 Å². The number of carbonyl (C=O) groups is 1. The van der Waals surface area contributed by atoms with Crippen LogP contribution in [0.5, 0.6) is 5.75 Å². The Morgan fingerprint density at radius 3 is 2.77 bits per heavy atom. The van der Waals surface area contributed by atoms with Crippen LogP contribution in [0.3, 0.4) is 0 Å². The number of para-hydroxylation sites is 1. The number of rotatable bonds is 6. The molecule has 118 valence electrons. The molecule has 0 unspecified atom stereocenters. The lowest BCUT2D eigenvalue weighted by Crippen LogP contribution is -2.15. The minimum atomic E-state index is -0.318. The van der Waals surface area contributed by atoms with E-state index in [9.17, 15) is 4.79 Å².